The third kappa shape index (κ3) is 3.16. The average Bonchev–Trinajstić information content (AvgIpc) is 2.21. The van der Waals surface area contributed by atoms with Crippen LogP contribution in [0.2, 0.25) is 5.02 Å². The number of aliphatic hydroxyl groups is 1. The molecule has 0 saturated carbocycles. The quantitative estimate of drug-likeness (QED) is 0.767. The first-order valence-corrected chi connectivity index (χ1v) is 5.03. The van der Waals surface area contributed by atoms with E-state index in [4.69, 9.17) is 21.4 Å². The Morgan fingerprint density at radius 1 is 1.57 bits per heavy atom. The molecule has 0 spiro atoms. The molecule has 0 aromatic carbocycles. The third-order valence-corrected chi connectivity index (χ3v) is 2.17. The summed E-state index contributed by atoms with van der Waals surface area (Å²) >= 11 is 5.78. The first kappa shape index (κ1) is 11.3. The number of halogens is 1. The molecule has 0 fully saturated rings. The van der Waals surface area contributed by atoms with Crippen LogP contribution in [0, 0.1) is 0 Å². The molecule has 1 rings (SSSR count). The van der Waals surface area contributed by atoms with Gasteiger partial charge in [0.1, 0.15) is 0 Å². The van der Waals surface area contributed by atoms with Crippen molar-refractivity contribution in [1.82, 2.24) is 4.98 Å². The van der Waals surface area contributed by atoms with Gasteiger partial charge in [-0.05, 0) is 6.42 Å². The van der Waals surface area contributed by atoms with Gasteiger partial charge < -0.3 is 9.84 Å². The summed E-state index contributed by atoms with van der Waals surface area (Å²) in [6, 6.07) is 1.66. The number of rotatable bonds is 5. The Morgan fingerprint density at radius 2 is 2.36 bits per heavy atom. The summed E-state index contributed by atoms with van der Waals surface area (Å²) in [4.78, 5) is 3.99. The van der Waals surface area contributed by atoms with Gasteiger partial charge in [0.05, 0.1) is 18.2 Å². The predicted octanol–water partition coefficient (Wildman–Crippen LogP) is 2.41. The van der Waals surface area contributed by atoms with Gasteiger partial charge >= 0.3 is 0 Å². The average molecular weight is 216 g/mol. The molecule has 0 aliphatic carbocycles. The molecular weight excluding hydrogens is 202 g/mol. The summed E-state index contributed by atoms with van der Waals surface area (Å²) < 4.78 is 5.36. The molecule has 0 amide bonds. The zero-order valence-electron chi connectivity index (χ0n) is 8.16. The third-order valence-electron chi connectivity index (χ3n) is 1.83. The Labute approximate surface area is 88.7 Å². The number of hydrogen-bond donors (Lipinski definition) is 1. The minimum atomic E-state index is -0.0918. The summed E-state index contributed by atoms with van der Waals surface area (Å²) in [5.41, 5.74) is 0.646. The summed E-state index contributed by atoms with van der Waals surface area (Å²) in [6.07, 6.45) is 3.58. The van der Waals surface area contributed by atoms with E-state index in [-0.39, 0.29) is 6.61 Å². The van der Waals surface area contributed by atoms with Crippen LogP contribution in [0.15, 0.2) is 12.3 Å². The van der Waals surface area contributed by atoms with Crippen LogP contribution in [-0.4, -0.2) is 16.7 Å². The molecular formula is C10H14ClNO2. The summed E-state index contributed by atoms with van der Waals surface area (Å²) in [6.45, 7) is 2.65. The van der Waals surface area contributed by atoms with Crippen molar-refractivity contribution < 1.29 is 9.84 Å². The fourth-order valence-corrected chi connectivity index (χ4v) is 1.14. The predicted molar refractivity (Wildman–Crippen MR) is 55.6 cm³/mol. The molecule has 1 N–H and O–H groups in total. The zero-order valence-corrected chi connectivity index (χ0v) is 8.92. The maximum absolute atomic E-state index is 8.95. The molecule has 78 valence electrons. The molecule has 0 aliphatic rings. The molecule has 14 heavy (non-hydrogen) atoms. The number of aromatic nitrogens is 1. The fourth-order valence-electron chi connectivity index (χ4n) is 0.980. The number of ether oxygens (including phenoxy) is 1. The van der Waals surface area contributed by atoms with Crippen molar-refractivity contribution >= 4 is 11.6 Å². The second kappa shape index (κ2) is 5.83. The van der Waals surface area contributed by atoms with Gasteiger partial charge in [-0.3, -0.25) is 0 Å². The van der Waals surface area contributed by atoms with Crippen LogP contribution in [0.25, 0.3) is 0 Å². The normalized spacial score (nSPS) is 10.2. The largest absolute Gasteiger partial charge is 0.478 e. The summed E-state index contributed by atoms with van der Waals surface area (Å²) in [5.74, 6) is 0.520. The van der Waals surface area contributed by atoms with Crippen molar-refractivity contribution in [3.05, 3.63) is 22.8 Å². The lowest BCUT2D eigenvalue weighted by molar-refractivity contribution is 0.276. The van der Waals surface area contributed by atoms with Gasteiger partial charge in [-0.2, -0.15) is 0 Å². The molecule has 0 saturated heterocycles. The summed E-state index contributed by atoms with van der Waals surface area (Å²) in [5, 5.41) is 9.41. The highest BCUT2D eigenvalue weighted by atomic mass is 35.5. The van der Waals surface area contributed by atoms with Crippen LogP contribution in [0.3, 0.4) is 0 Å². The zero-order chi connectivity index (χ0) is 10.4. The highest BCUT2D eigenvalue weighted by molar-refractivity contribution is 6.31. The second-order valence-electron chi connectivity index (χ2n) is 2.97. The van der Waals surface area contributed by atoms with Crippen molar-refractivity contribution in [2.24, 2.45) is 0 Å². The molecule has 0 bridgehead atoms. The highest BCUT2D eigenvalue weighted by Gasteiger charge is 2.02. The Hall–Kier alpha value is -0.800. The number of unbranched alkanes of at least 4 members (excludes halogenated alkanes) is 1. The summed E-state index contributed by atoms with van der Waals surface area (Å²) in [7, 11) is 0. The smallest absolute Gasteiger partial charge is 0.213 e. The van der Waals surface area contributed by atoms with Gasteiger partial charge in [-0.25, -0.2) is 4.98 Å². The minimum Gasteiger partial charge on any atom is -0.478 e. The van der Waals surface area contributed by atoms with Crippen LogP contribution in [0.5, 0.6) is 5.88 Å². The van der Waals surface area contributed by atoms with E-state index in [0.29, 0.717) is 23.1 Å². The number of hydrogen-bond acceptors (Lipinski definition) is 3. The molecule has 3 nitrogen and oxygen atoms in total. The van der Waals surface area contributed by atoms with Gasteiger partial charge in [-0.1, -0.05) is 24.9 Å². The van der Waals surface area contributed by atoms with E-state index in [0.717, 1.165) is 12.8 Å². The van der Waals surface area contributed by atoms with E-state index in [2.05, 4.69) is 11.9 Å². The highest BCUT2D eigenvalue weighted by Crippen LogP contribution is 2.19. The monoisotopic (exact) mass is 215 g/mol. The van der Waals surface area contributed by atoms with E-state index >= 15 is 0 Å². The van der Waals surface area contributed by atoms with Crippen LogP contribution < -0.4 is 4.74 Å². The van der Waals surface area contributed by atoms with Crippen molar-refractivity contribution in [3.8, 4) is 5.88 Å². The van der Waals surface area contributed by atoms with Crippen molar-refractivity contribution in [3.63, 3.8) is 0 Å². The lowest BCUT2D eigenvalue weighted by Gasteiger charge is -2.06. The molecule has 0 unspecified atom stereocenters. The number of pyridine rings is 1. The van der Waals surface area contributed by atoms with E-state index in [1.165, 1.54) is 6.20 Å². The minimum absolute atomic E-state index is 0.0918. The first-order valence-electron chi connectivity index (χ1n) is 4.66. The van der Waals surface area contributed by atoms with E-state index in [1.807, 2.05) is 0 Å². The standard InChI is InChI=1S/C10H14ClNO2/c1-2-3-4-14-10-5-8(7-13)9(11)6-12-10/h5-6,13H,2-4,7H2,1H3. The van der Waals surface area contributed by atoms with Crippen molar-refractivity contribution in [2.75, 3.05) is 6.61 Å². The van der Waals surface area contributed by atoms with Gasteiger partial charge in [-0.15, -0.1) is 0 Å². The maximum atomic E-state index is 8.95. The molecule has 1 heterocycles. The Kier molecular flexibility index (Phi) is 4.70. The Balaban J connectivity index is 2.60. The van der Waals surface area contributed by atoms with E-state index < -0.39 is 0 Å². The maximum Gasteiger partial charge on any atom is 0.213 e. The van der Waals surface area contributed by atoms with Crippen molar-refractivity contribution in [1.29, 1.82) is 0 Å². The molecule has 4 heteroatoms. The van der Waals surface area contributed by atoms with E-state index in [9.17, 15) is 0 Å². The molecule has 0 radical (unpaired) electrons. The lowest BCUT2D eigenvalue weighted by atomic mass is 10.3. The molecule has 1 aromatic rings. The van der Waals surface area contributed by atoms with Gasteiger partial charge in [0.15, 0.2) is 0 Å². The van der Waals surface area contributed by atoms with Crippen LogP contribution in [0.1, 0.15) is 25.3 Å². The number of nitrogens with zero attached hydrogens (tertiary/aromatic N) is 1. The molecule has 0 atom stereocenters. The fraction of sp³-hybridized carbons (Fsp3) is 0.500. The topological polar surface area (TPSA) is 42.4 Å². The SMILES string of the molecule is CCCCOc1cc(CO)c(Cl)cn1. The lowest BCUT2D eigenvalue weighted by Crippen LogP contribution is -1.99. The second-order valence-corrected chi connectivity index (χ2v) is 3.38. The molecule has 1 aromatic heterocycles. The van der Waals surface area contributed by atoms with Gasteiger partial charge in [0.25, 0.3) is 0 Å². The molecule has 0 aliphatic heterocycles. The van der Waals surface area contributed by atoms with Crippen LogP contribution in [0.4, 0.5) is 0 Å². The Morgan fingerprint density at radius 3 is 3.00 bits per heavy atom. The van der Waals surface area contributed by atoms with Gasteiger partial charge in [0.2, 0.25) is 5.88 Å². The Bertz CT molecular complexity index is 291. The van der Waals surface area contributed by atoms with E-state index in [1.54, 1.807) is 6.07 Å². The first-order chi connectivity index (χ1) is 6.77. The van der Waals surface area contributed by atoms with Crippen LogP contribution >= 0.6 is 11.6 Å². The van der Waals surface area contributed by atoms with Crippen molar-refractivity contribution in [2.45, 2.75) is 26.4 Å². The van der Waals surface area contributed by atoms with Crippen LogP contribution in [-0.2, 0) is 6.61 Å². The van der Waals surface area contributed by atoms with Gasteiger partial charge in [0, 0.05) is 17.8 Å². The number of aliphatic hydroxyl groups excluding tert-OH is 1.